The number of alkyl halides is 5. The second-order valence-corrected chi connectivity index (χ2v) is 10.1. The van der Waals surface area contributed by atoms with Crippen molar-refractivity contribution in [3.8, 4) is 11.7 Å². The molecule has 0 amide bonds. The van der Waals surface area contributed by atoms with Crippen LogP contribution in [0.1, 0.15) is 36.9 Å². The van der Waals surface area contributed by atoms with E-state index in [1.807, 2.05) is 4.90 Å². The first-order chi connectivity index (χ1) is 20.2. The van der Waals surface area contributed by atoms with Crippen LogP contribution in [0.25, 0.3) is 16.9 Å². The molecule has 0 bridgehead atoms. The fourth-order valence-corrected chi connectivity index (χ4v) is 5.26. The van der Waals surface area contributed by atoms with Crippen LogP contribution in [0.3, 0.4) is 0 Å². The number of piperidine rings is 1. The third-order valence-corrected chi connectivity index (χ3v) is 7.24. The molecule has 6 rings (SSSR count). The molecule has 2 aromatic carbocycles. The number of nitrogens with one attached hydrogen (secondary N) is 2. The third kappa shape index (κ3) is 6.23. The summed E-state index contributed by atoms with van der Waals surface area (Å²) in [6.07, 6.45) is -6.57. The molecule has 2 N–H and O–H groups in total. The highest BCUT2D eigenvalue weighted by Crippen LogP contribution is 2.31. The molecule has 0 aliphatic carbocycles. The summed E-state index contributed by atoms with van der Waals surface area (Å²) in [5.74, 6) is 0.546. The summed E-state index contributed by atoms with van der Waals surface area (Å²) in [4.78, 5) is 16.0. The Hall–Kier alpha value is -4.04. The van der Waals surface area contributed by atoms with E-state index in [9.17, 15) is 22.0 Å². The lowest BCUT2D eigenvalue weighted by molar-refractivity contribution is -0.274. The molecule has 222 valence electrons. The van der Waals surface area contributed by atoms with Crippen molar-refractivity contribution >= 4 is 22.5 Å². The molecule has 2 saturated heterocycles. The van der Waals surface area contributed by atoms with Gasteiger partial charge < -0.3 is 25.0 Å². The Morgan fingerprint density at radius 1 is 0.976 bits per heavy atom. The first-order valence-corrected chi connectivity index (χ1v) is 13.6. The number of benzene rings is 2. The summed E-state index contributed by atoms with van der Waals surface area (Å²) in [6.45, 7) is 2.77. The van der Waals surface area contributed by atoms with Gasteiger partial charge in [-0.15, -0.1) is 13.2 Å². The Morgan fingerprint density at radius 2 is 1.71 bits per heavy atom. The molecule has 42 heavy (non-hydrogen) atoms. The minimum atomic E-state index is -4.74. The zero-order chi connectivity index (χ0) is 29.3. The Bertz CT molecular complexity index is 1520. The van der Waals surface area contributed by atoms with E-state index < -0.39 is 18.9 Å². The van der Waals surface area contributed by atoms with E-state index in [0.29, 0.717) is 74.0 Å². The van der Waals surface area contributed by atoms with E-state index in [1.54, 1.807) is 24.3 Å². The number of morpholine rings is 1. The number of hydrogen-bond acceptors (Lipinski definition) is 8. The SMILES string of the molecule is FC(F)c1cc2ccccc2n1-c1nc(C2CNCCO2)nc(N2CCC(Nc3ccc(OC(F)(F)F)cc3)CC2)n1. The van der Waals surface area contributed by atoms with Gasteiger partial charge in [0.25, 0.3) is 6.43 Å². The highest BCUT2D eigenvalue weighted by molar-refractivity contribution is 5.82. The van der Waals surface area contributed by atoms with Crippen molar-refractivity contribution in [3.05, 3.63) is 66.1 Å². The summed E-state index contributed by atoms with van der Waals surface area (Å²) >= 11 is 0. The van der Waals surface area contributed by atoms with Crippen molar-refractivity contribution in [2.45, 2.75) is 37.8 Å². The standard InChI is InChI=1S/C28H28F5N7O2/c29-24(30)22-15-17-3-1-2-4-21(17)40(22)27-37-25(23-16-34-11-14-41-23)36-26(38-27)39-12-9-19(10-13-39)35-18-5-7-20(8-6-18)42-28(31,32)33/h1-8,15,19,23-24,34-35H,9-14,16H2. The number of ether oxygens (including phenoxy) is 2. The van der Waals surface area contributed by atoms with Gasteiger partial charge in [0.05, 0.1) is 17.8 Å². The van der Waals surface area contributed by atoms with E-state index in [2.05, 4.69) is 25.3 Å². The molecule has 1 unspecified atom stereocenters. The number of fused-ring (bicyclic) bond motifs is 1. The van der Waals surface area contributed by atoms with E-state index in [4.69, 9.17) is 9.72 Å². The second-order valence-electron chi connectivity index (χ2n) is 10.1. The molecule has 2 fully saturated rings. The van der Waals surface area contributed by atoms with Crippen LogP contribution in [0, 0.1) is 0 Å². The van der Waals surface area contributed by atoms with Gasteiger partial charge in [0, 0.05) is 43.3 Å². The highest BCUT2D eigenvalue weighted by atomic mass is 19.4. The lowest BCUT2D eigenvalue weighted by Crippen LogP contribution is -2.40. The molecule has 0 radical (unpaired) electrons. The number of rotatable bonds is 7. The quantitative estimate of drug-likeness (QED) is 0.278. The minimum Gasteiger partial charge on any atom is -0.406 e. The average molecular weight is 590 g/mol. The summed E-state index contributed by atoms with van der Waals surface area (Å²) < 4.78 is 76.9. The van der Waals surface area contributed by atoms with Crippen LogP contribution in [-0.2, 0) is 4.74 Å². The van der Waals surface area contributed by atoms with Gasteiger partial charge in [0.1, 0.15) is 11.9 Å². The van der Waals surface area contributed by atoms with Gasteiger partial charge >= 0.3 is 6.36 Å². The van der Waals surface area contributed by atoms with Crippen molar-refractivity contribution in [3.63, 3.8) is 0 Å². The monoisotopic (exact) mass is 589 g/mol. The summed E-state index contributed by atoms with van der Waals surface area (Å²) in [7, 11) is 0. The zero-order valence-corrected chi connectivity index (χ0v) is 22.3. The first-order valence-electron chi connectivity index (χ1n) is 13.6. The fourth-order valence-electron chi connectivity index (χ4n) is 5.26. The van der Waals surface area contributed by atoms with Crippen LogP contribution in [0.4, 0.5) is 33.6 Å². The molecular formula is C28H28F5N7O2. The van der Waals surface area contributed by atoms with Crippen molar-refractivity contribution in [2.75, 3.05) is 43.0 Å². The van der Waals surface area contributed by atoms with Crippen LogP contribution in [0.2, 0.25) is 0 Å². The Labute approximate surface area is 237 Å². The maximum Gasteiger partial charge on any atom is 0.573 e. The van der Waals surface area contributed by atoms with Crippen LogP contribution in [0.5, 0.6) is 5.75 Å². The van der Waals surface area contributed by atoms with Crippen molar-refractivity contribution in [1.29, 1.82) is 0 Å². The first kappa shape index (κ1) is 28.1. The molecule has 1 atom stereocenters. The van der Waals surface area contributed by atoms with E-state index >= 15 is 0 Å². The zero-order valence-electron chi connectivity index (χ0n) is 22.3. The van der Waals surface area contributed by atoms with Crippen molar-refractivity contribution < 1.29 is 31.4 Å². The maximum absolute atomic E-state index is 14.2. The number of halogens is 5. The lowest BCUT2D eigenvalue weighted by atomic mass is 10.0. The van der Waals surface area contributed by atoms with Gasteiger partial charge in [-0.1, -0.05) is 18.2 Å². The topological polar surface area (TPSA) is 89.4 Å². The predicted molar refractivity (Wildman–Crippen MR) is 145 cm³/mol. The maximum atomic E-state index is 14.2. The number of anilines is 2. The van der Waals surface area contributed by atoms with Crippen LogP contribution in [0.15, 0.2) is 54.6 Å². The molecule has 4 heterocycles. The number of nitrogens with zero attached hydrogens (tertiary/aromatic N) is 5. The minimum absolute atomic E-state index is 0.0566. The summed E-state index contributed by atoms with van der Waals surface area (Å²) in [5.41, 5.74) is 1.03. The van der Waals surface area contributed by atoms with Crippen molar-refractivity contribution in [2.24, 2.45) is 0 Å². The third-order valence-electron chi connectivity index (χ3n) is 7.24. The molecule has 4 aromatic rings. The van der Waals surface area contributed by atoms with Gasteiger partial charge in [-0.25, -0.2) is 8.78 Å². The van der Waals surface area contributed by atoms with Crippen molar-refractivity contribution in [1.82, 2.24) is 24.8 Å². The van der Waals surface area contributed by atoms with Gasteiger partial charge in [-0.05, 0) is 49.2 Å². The van der Waals surface area contributed by atoms with E-state index in [0.717, 1.165) is 0 Å². The molecule has 2 aliphatic heterocycles. The lowest BCUT2D eigenvalue weighted by Gasteiger charge is -2.33. The number of hydrogen-bond donors (Lipinski definition) is 2. The molecule has 9 nitrogen and oxygen atoms in total. The molecule has 0 spiro atoms. The highest BCUT2D eigenvalue weighted by Gasteiger charge is 2.31. The molecule has 0 saturated carbocycles. The number of aromatic nitrogens is 4. The second kappa shape index (κ2) is 11.7. The normalized spacial score (nSPS) is 18.5. The van der Waals surface area contributed by atoms with Gasteiger partial charge in [0.15, 0.2) is 5.82 Å². The molecule has 2 aromatic heterocycles. The molecular weight excluding hydrogens is 561 g/mol. The van der Waals surface area contributed by atoms with Crippen LogP contribution >= 0.6 is 0 Å². The largest absolute Gasteiger partial charge is 0.573 e. The molecule has 2 aliphatic rings. The Kier molecular flexibility index (Phi) is 7.82. The van der Waals surface area contributed by atoms with E-state index in [-0.39, 0.29) is 23.4 Å². The van der Waals surface area contributed by atoms with Gasteiger partial charge in [-0.2, -0.15) is 15.0 Å². The smallest absolute Gasteiger partial charge is 0.406 e. The Balaban J connectivity index is 1.24. The van der Waals surface area contributed by atoms with Gasteiger partial charge in [0.2, 0.25) is 11.9 Å². The predicted octanol–water partition coefficient (Wildman–Crippen LogP) is 5.39. The fraction of sp³-hybridized carbons (Fsp3) is 0.393. The van der Waals surface area contributed by atoms with Crippen LogP contribution in [-0.4, -0.2) is 64.7 Å². The van der Waals surface area contributed by atoms with Gasteiger partial charge in [-0.3, -0.25) is 4.57 Å². The average Bonchev–Trinajstić information content (AvgIpc) is 3.38. The van der Waals surface area contributed by atoms with E-state index in [1.165, 1.54) is 34.9 Å². The Morgan fingerprint density at radius 3 is 2.40 bits per heavy atom. The molecule has 14 heteroatoms. The number of para-hydroxylation sites is 1. The summed E-state index contributed by atoms with van der Waals surface area (Å²) in [5, 5.41) is 7.25. The van der Waals surface area contributed by atoms with Crippen LogP contribution < -0.4 is 20.3 Å². The summed E-state index contributed by atoms with van der Waals surface area (Å²) in [6, 6.07) is 14.2.